The third-order valence-electron chi connectivity index (χ3n) is 4.60. The van der Waals surface area contributed by atoms with E-state index in [4.69, 9.17) is 9.47 Å². The number of halogens is 2. The summed E-state index contributed by atoms with van der Waals surface area (Å²) in [5.41, 5.74) is 1.29. The van der Waals surface area contributed by atoms with Crippen molar-refractivity contribution in [2.45, 2.75) is 6.92 Å². The Labute approximate surface area is 184 Å². The minimum absolute atomic E-state index is 0.112. The summed E-state index contributed by atoms with van der Waals surface area (Å²) in [6.45, 7) is 2.29. The van der Waals surface area contributed by atoms with Crippen LogP contribution in [0.4, 0.5) is 20.2 Å². The van der Waals surface area contributed by atoms with Gasteiger partial charge in [-0.1, -0.05) is 18.2 Å². The Morgan fingerprint density at radius 2 is 1.62 bits per heavy atom. The van der Waals surface area contributed by atoms with Crippen molar-refractivity contribution in [2.24, 2.45) is 0 Å². The molecule has 3 aromatic carbocycles. The Morgan fingerprint density at radius 3 is 2.38 bits per heavy atom. The molecule has 0 saturated carbocycles. The molecule has 0 fully saturated rings. The molecule has 0 bridgehead atoms. The van der Waals surface area contributed by atoms with Gasteiger partial charge in [-0.05, 0) is 48.9 Å². The first-order valence-electron chi connectivity index (χ1n) is 9.78. The lowest BCUT2D eigenvalue weighted by molar-refractivity contribution is 0.101. The predicted octanol–water partition coefficient (Wildman–Crippen LogP) is 4.80. The van der Waals surface area contributed by atoms with E-state index in [1.54, 1.807) is 25.1 Å². The first-order valence-corrected chi connectivity index (χ1v) is 9.78. The van der Waals surface area contributed by atoms with Crippen molar-refractivity contribution in [1.29, 1.82) is 0 Å². The summed E-state index contributed by atoms with van der Waals surface area (Å²) in [5, 5.41) is 5.24. The number of carbonyl (C=O) groups is 2. The second-order valence-corrected chi connectivity index (χ2v) is 6.90. The molecule has 166 valence electrons. The molecule has 3 rings (SSSR count). The molecule has 0 aliphatic rings. The lowest BCUT2D eigenvalue weighted by atomic mass is 10.1. The molecular formula is C24H22F2N2O4. The van der Waals surface area contributed by atoms with Crippen LogP contribution in [0.25, 0.3) is 0 Å². The fourth-order valence-corrected chi connectivity index (χ4v) is 2.89. The van der Waals surface area contributed by atoms with Gasteiger partial charge >= 0.3 is 0 Å². The molecule has 0 atom stereocenters. The van der Waals surface area contributed by atoms with Crippen molar-refractivity contribution in [3.8, 4) is 5.75 Å². The fraction of sp³-hybridized carbons (Fsp3) is 0.167. The highest BCUT2D eigenvalue weighted by atomic mass is 19.1. The summed E-state index contributed by atoms with van der Waals surface area (Å²) in [4.78, 5) is 25.2. The third kappa shape index (κ3) is 5.67. The number of aryl methyl sites for hydroxylation is 1. The Balaban J connectivity index is 1.79. The predicted molar refractivity (Wildman–Crippen MR) is 117 cm³/mol. The molecule has 0 aliphatic heterocycles. The van der Waals surface area contributed by atoms with Crippen LogP contribution < -0.4 is 15.4 Å². The number of amides is 2. The van der Waals surface area contributed by atoms with Gasteiger partial charge in [0.05, 0.1) is 17.9 Å². The number of methoxy groups -OCH3 is 1. The Hall–Kier alpha value is -3.78. The molecular weight excluding hydrogens is 418 g/mol. The number of anilines is 2. The van der Waals surface area contributed by atoms with E-state index in [-0.39, 0.29) is 29.2 Å². The van der Waals surface area contributed by atoms with Gasteiger partial charge in [-0.3, -0.25) is 9.59 Å². The van der Waals surface area contributed by atoms with Gasteiger partial charge in [0.1, 0.15) is 24.0 Å². The molecule has 3 aromatic rings. The smallest absolute Gasteiger partial charge is 0.258 e. The molecule has 0 aliphatic carbocycles. The number of hydrogen-bond acceptors (Lipinski definition) is 4. The highest BCUT2D eigenvalue weighted by Crippen LogP contribution is 2.27. The van der Waals surface area contributed by atoms with Crippen molar-refractivity contribution in [1.82, 2.24) is 0 Å². The molecule has 0 unspecified atom stereocenters. The molecule has 32 heavy (non-hydrogen) atoms. The summed E-state index contributed by atoms with van der Waals surface area (Å²) in [7, 11) is 1.52. The first-order chi connectivity index (χ1) is 15.4. The van der Waals surface area contributed by atoms with E-state index in [0.717, 1.165) is 6.07 Å². The van der Waals surface area contributed by atoms with E-state index < -0.39 is 23.4 Å². The Morgan fingerprint density at radius 1 is 0.875 bits per heavy atom. The maximum atomic E-state index is 13.9. The number of nitrogens with one attached hydrogen (secondary N) is 2. The van der Waals surface area contributed by atoms with Crippen LogP contribution in [0.5, 0.6) is 5.75 Å². The van der Waals surface area contributed by atoms with Crippen molar-refractivity contribution >= 4 is 23.2 Å². The molecule has 0 heterocycles. The summed E-state index contributed by atoms with van der Waals surface area (Å²) >= 11 is 0. The number of rotatable bonds is 8. The Bertz CT molecular complexity index is 1130. The van der Waals surface area contributed by atoms with Gasteiger partial charge in [0.25, 0.3) is 11.8 Å². The molecule has 0 saturated heterocycles. The van der Waals surface area contributed by atoms with E-state index >= 15 is 0 Å². The molecule has 0 radical (unpaired) electrons. The van der Waals surface area contributed by atoms with E-state index in [9.17, 15) is 18.4 Å². The Kier molecular flexibility index (Phi) is 7.51. The molecule has 0 aromatic heterocycles. The van der Waals surface area contributed by atoms with Gasteiger partial charge in [0, 0.05) is 24.4 Å². The normalized spacial score (nSPS) is 10.5. The molecule has 6 nitrogen and oxygen atoms in total. The van der Waals surface area contributed by atoms with Crippen molar-refractivity contribution in [3.05, 3.63) is 89.0 Å². The average molecular weight is 440 g/mol. The van der Waals surface area contributed by atoms with Crippen LogP contribution in [-0.4, -0.2) is 32.1 Å². The summed E-state index contributed by atoms with van der Waals surface area (Å²) in [5.74, 6) is -2.07. The second-order valence-electron chi connectivity index (χ2n) is 6.90. The average Bonchev–Trinajstić information content (AvgIpc) is 2.77. The minimum Gasteiger partial charge on any atom is -0.489 e. The SMILES string of the molecule is COCCOc1ccc(F)cc1NC(=O)c1ccc(C)c(NC(=O)c2ccccc2F)c1. The second kappa shape index (κ2) is 10.5. The van der Waals surface area contributed by atoms with Gasteiger partial charge in [0.2, 0.25) is 0 Å². The van der Waals surface area contributed by atoms with Crippen LogP contribution >= 0.6 is 0 Å². The van der Waals surface area contributed by atoms with Gasteiger partial charge in [-0.25, -0.2) is 8.78 Å². The number of ether oxygens (including phenoxy) is 2. The van der Waals surface area contributed by atoms with Crippen molar-refractivity contribution in [2.75, 3.05) is 31.0 Å². The zero-order valence-electron chi connectivity index (χ0n) is 17.6. The van der Waals surface area contributed by atoms with E-state index in [1.807, 2.05) is 0 Å². The summed E-state index contributed by atoms with van der Waals surface area (Å²) in [6, 6.07) is 14.1. The zero-order valence-corrected chi connectivity index (χ0v) is 17.6. The molecule has 8 heteroatoms. The highest BCUT2D eigenvalue weighted by Gasteiger charge is 2.16. The minimum atomic E-state index is -0.649. The van der Waals surface area contributed by atoms with E-state index in [0.29, 0.717) is 17.9 Å². The third-order valence-corrected chi connectivity index (χ3v) is 4.60. The maximum Gasteiger partial charge on any atom is 0.258 e. The largest absolute Gasteiger partial charge is 0.489 e. The van der Waals surface area contributed by atoms with Crippen LogP contribution in [0.1, 0.15) is 26.3 Å². The van der Waals surface area contributed by atoms with E-state index in [2.05, 4.69) is 10.6 Å². The number of hydrogen-bond donors (Lipinski definition) is 2. The van der Waals surface area contributed by atoms with Gasteiger partial charge in [0.15, 0.2) is 0 Å². The van der Waals surface area contributed by atoms with Crippen LogP contribution in [0.3, 0.4) is 0 Å². The van der Waals surface area contributed by atoms with Crippen LogP contribution in [0, 0.1) is 18.6 Å². The summed E-state index contributed by atoms with van der Waals surface area (Å²) < 4.78 is 38.1. The van der Waals surface area contributed by atoms with Crippen molar-refractivity contribution in [3.63, 3.8) is 0 Å². The van der Waals surface area contributed by atoms with Gasteiger partial charge in [-0.2, -0.15) is 0 Å². The molecule has 2 amide bonds. The van der Waals surface area contributed by atoms with E-state index in [1.165, 1.54) is 43.5 Å². The molecule has 0 spiro atoms. The summed E-state index contributed by atoms with van der Waals surface area (Å²) in [6.07, 6.45) is 0. The van der Waals surface area contributed by atoms with Crippen molar-refractivity contribution < 1.29 is 27.8 Å². The monoisotopic (exact) mass is 440 g/mol. The highest BCUT2D eigenvalue weighted by molar-refractivity contribution is 6.08. The maximum absolute atomic E-state index is 13.9. The lowest BCUT2D eigenvalue weighted by Crippen LogP contribution is -2.17. The fourth-order valence-electron chi connectivity index (χ4n) is 2.89. The molecule has 2 N–H and O–H groups in total. The van der Waals surface area contributed by atoms with Crippen LogP contribution in [0.2, 0.25) is 0 Å². The van der Waals surface area contributed by atoms with Gasteiger partial charge < -0.3 is 20.1 Å². The first kappa shape index (κ1) is 22.9. The quantitative estimate of drug-likeness (QED) is 0.493. The van der Waals surface area contributed by atoms with Gasteiger partial charge in [-0.15, -0.1) is 0 Å². The lowest BCUT2D eigenvalue weighted by Gasteiger charge is -2.14. The standard InChI is InChI=1S/C24H22F2N2O4/c1-15-7-8-16(13-20(15)27-24(30)18-5-3-4-6-19(18)26)23(29)28-21-14-17(25)9-10-22(21)32-12-11-31-2/h3-10,13-14H,11-12H2,1-2H3,(H,27,30)(H,28,29). The number of carbonyl (C=O) groups excluding carboxylic acids is 2. The number of benzene rings is 3. The topological polar surface area (TPSA) is 76.7 Å². The van der Waals surface area contributed by atoms with Crippen LogP contribution in [-0.2, 0) is 4.74 Å². The van der Waals surface area contributed by atoms with Crippen LogP contribution in [0.15, 0.2) is 60.7 Å². The zero-order chi connectivity index (χ0) is 23.1.